The van der Waals surface area contributed by atoms with Crippen LogP contribution >= 0.6 is 23.2 Å². The fourth-order valence-electron chi connectivity index (χ4n) is 4.43. The van der Waals surface area contributed by atoms with Crippen molar-refractivity contribution in [1.29, 1.82) is 0 Å². The minimum Gasteiger partial charge on any atom is -0.456 e. The van der Waals surface area contributed by atoms with E-state index in [1.54, 1.807) is 36.4 Å². The lowest BCUT2D eigenvalue weighted by molar-refractivity contribution is 0.102. The molecule has 1 aliphatic rings. The van der Waals surface area contributed by atoms with Crippen molar-refractivity contribution in [2.45, 2.75) is 4.90 Å². The summed E-state index contributed by atoms with van der Waals surface area (Å²) in [5, 5.41) is 3.28. The van der Waals surface area contributed by atoms with Gasteiger partial charge < -0.3 is 19.9 Å². The molecule has 42 heavy (non-hydrogen) atoms. The number of nitrogens with one attached hydrogen (secondary N) is 2. The number of sulfonamides is 1. The van der Waals surface area contributed by atoms with Crippen LogP contribution in [0.1, 0.15) is 10.4 Å². The monoisotopic (exact) mass is 628 g/mol. The van der Waals surface area contributed by atoms with Crippen molar-refractivity contribution in [2.75, 3.05) is 48.2 Å². The molecular formula is C30H27Cl2FN4O4S. The highest BCUT2D eigenvalue weighted by Gasteiger charge is 2.21. The number of anilines is 3. The van der Waals surface area contributed by atoms with E-state index < -0.39 is 21.7 Å². The van der Waals surface area contributed by atoms with Gasteiger partial charge in [-0.15, -0.1) is 0 Å². The summed E-state index contributed by atoms with van der Waals surface area (Å²) in [5.41, 5.74) is 0.648. The number of carbonyl (C=O) groups is 1. The Morgan fingerprint density at radius 1 is 0.905 bits per heavy atom. The molecule has 1 fully saturated rings. The van der Waals surface area contributed by atoms with Gasteiger partial charge >= 0.3 is 0 Å². The Labute approximate surface area is 253 Å². The molecule has 8 nitrogen and oxygen atoms in total. The molecule has 4 aromatic rings. The molecule has 0 spiro atoms. The summed E-state index contributed by atoms with van der Waals surface area (Å²) < 4.78 is 49.5. The van der Waals surface area contributed by atoms with E-state index in [1.807, 2.05) is 11.9 Å². The van der Waals surface area contributed by atoms with Gasteiger partial charge in [0.1, 0.15) is 17.3 Å². The maximum absolute atomic E-state index is 15.0. The predicted molar refractivity (Wildman–Crippen MR) is 164 cm³/mol. The van der Waals surface area contributed by atoms with E-state index in [9.17, 15) is 17.6 Å². The van der Waals surface area contributed by atoms with Gasteiger partial charge in [0.2, 0.25) is 0 Å². The first-order valence-corrected chi connectivity index (χ1v) is 15.2. The number of amides is 1. The maximum atomic E-state index is 15.0. The van der Waals surface area contributed by atoms with Gasteiger partial charge in [0.15, 0.2) is 0 Å². The average molecular weight is 630 g/mol. The second kappa shape index (κ2) is 12.6. The first-order valence-electron chi connectivity index (χ1n) is 13.0. The number of likely N-dealkylation sites (N-methyl/N-ethyl adjacent to an activating group) is 1. The number of hydrogen-bond donors (Lipinski definition) is 2. The molecule has 1 aliphatic heterocycles. The van der Waals surface area contributed by atoms with Gasteiger partial charge in [0.05, 0.1) is 26.9 Å². The predicted octanol–water partition coefficient (Wildman–Crippen LogP) is 6.73. The van der Waals surface area contributed by atoms with E-state index in [2.05, 4.69) is 14.9 Å². The lowest BCUT2D eigenvalue weighted by Crippen LogP contribution is -2.44. The first-order chi connectivity index (χ1) is 20.1. The molecule has 0 atom stereocenters. The molecule has 0 bridgehead atoms. The number of carbonyl (C=O) groups excluding carboxylic acids is 1. The second-order valence-corrected chi connectivity index (χ2v) is 12.2. The summed E-state index contributed by atoms with van der Waals surface area (Å²) in [6, 6.07) is 21.3. The fraction of sp³-hybridized carbons (Fsp3) is 0.167. The number of nitrogens with zero attached hydrogens (tertiary/aromatic N) is 2. The topological polar surface area (TPSA) is 91.0 Å². The van der Waals surface area contributed by atoms with Crippen LogP contribution in [0.25, 0.3) is 0 Å². The molecule has 218 valence electrons. The number of hydrogen-bond acceptors (Lipinski definition) is 6. The Morgan fingerprint density at radius 3 is 2.31 bits per heavy atom. The molecule has 5 rings (SSSR count). The molecular weight excluding hydrogens is 602 g/mol. The van der Waals surface area contributed by atoms with Crippen LogP contribution in [0.3, 0.4) is 0 Å². The van der Waals surface area contributed by atoms with E-state index in [4.69, 9.17) is 27.9 Å². The molecule has 0 aromatic heterocycles. The van der Waals surface area contributed by atoms with Crippen LogP contribution in [0.2, 0.25) is 10.0 Å². The van der Waals surface area contributed by atoms with Crippen molar-refractivity contribution in [2.24, 2.45) is 0 Å². The van der Waals surface area contributed by atoms with Gasteiger partial charge in [0.25, 0.3) is 15.9 Å². The standard InChI is InChI=1S/C30H27Cl2FN4O4S/c1-36-14-16-37(17-15-36)28-13-7-21(19-26(28)33)34-30(38)24-18-20(31)6-12-27(24)35-42(39,40)23-10-8-22(9-11-23)41-29-5-3-2-4-25(29)32/h2-13,18-19,35H,14-17H2,1H3,(H,34,38). The smallest absolute Gasteiger partial charge is 0.261 e. The molecule has 1 heterocycles. The minimum absolute atomic E-state index is 0.00261. The second-order valence-electron chi connectivity index (χ2n) is 9.71. The van der Waals surface area contributed by atoms with Crippen LogP contribution in [-0.4, -0.2) is 52.5 Å². The molecule has 1 amide bonds. The summed E-state index contributed by atoms with van der Waals surface area (Å²) in [5.74, 6) is -0.310. The molecule has 0 unspecified atom stereocenters. The maximum Gasteiger partial charge on any atom is 0.261 e. The number of benzene rings is 4. The number of rotatable bonds is 8. The zero-order valence-electron chi connectivity index (χ0n) is 22.5. The van der Waals surface area contributed by atoms with Crippen molar-refractivity contribution in [3.63, 3.8) is 0 Å². The summed E-state index contributed by atoms with van der Waals surface area (Å²) >= 11 is 12.3. The first kappa shape index (κ1) is 29.7. The van der Waals surface area contributed by atoms with Crippen LogP contribution in [0, 0.1) is 5.82 Å². The average Bonchev–Trinajstić information content (AvgIpc) is 2.96. The van der Waals surface area contributed by atoms with E-state index in [-0.39, 0.29) is 26.9 Å². The third-order valence-corrected chi connectivity index (χ3v) is 8.65. The van der Waals surface area contributed by atoms with Crippen LogP contribution < -0.4 is 19.7 Å². The van der Waals surface area contributed by atoms with E-state index in [1.165, 1.54) is 48.5 Å². The summed E-state index contributed by atoms with van der Waals surface area (Å²) in [7, 11) is -2.09. The van der Waals surface area contributed by atoms with Gasteiger partial charge in [-0.3, -0.25) is 9.52 Å². The SMILES string of the molecule is CN1CCN(c2ccc(NC(=O)c3cc(Cl)ccc3NS(=O)(=O)c3ccc(Oc4ccccc4Cl)cc3)cc2F)CC1. The Balaban J connectivity index is 1.31. The van der Waals surface area contributed by atoms with Crippen molar-refractivity contribution < 1.29 is 22.3 Å². The molecule has 0 saturated carbocycles. The van der Waals surface area contributed by atoms with E-state index in [0.717, 1.165) is 13.1 Å². The van der Waals surface area contributed by atoms with Crippen molar-refractivity contribution in [3.8, 4) is 11.5 Å². The third-order valence-electron chi connectivity index (χ3n) is 6.72. The number of piperazine rings is 1. The molecule has 0 radical (unpaired) electrons. The van der Waals surface area contributed by atoms with Crippen molar-refractivity contribution >= 4 is 56.2 Å². The zero-order valence-corrected chi connectivity index (χ0v) is 24.8. The van der Waals surface area contributed by atoms with Crippen LogP contribution in [-0.2, 0) is 10.0 Å². The fourth-order valence-corrected chi connectivity index (χ4v) is 5.85. The van der Waals surface area contributed by atoms with Crippen LogP contribution in [0.5, 0.6) is 11.5 Å². The Hall–Kier alpha value is -3.83. The van der Waals surface area contributed by atoms with Gasteiger partial charge in [-0.25, -0.2) is 12.8 Å². The van der Waals surface area contributed by atoms with Crippen molar-refractivity contribution in [3.05, 3.63) is 106 Å². The molecule has 1 saturated heterocycles. The quantitative estimate of drug-likeness (QED) is 0.225. The van der Waals surface area contributed by atoms with E-state index >= 15 is 0 Å². The largest absolute Gasteiger partial charge is 0.456 e. The summed E-state index contributed by atoms with van der Waals surface area (Å²) in [4.78, 5) is 17.3. The molecule has 4 aromatic carbocycles. The lowest BCUT2D eigenvalue weighted by atomic mass is 10.1. The molecule has 12 heteroatoms. The normalized spacial score (nSPS) is 14.0. The Kier molecular flexibility index (Phi) is 8.88. The number of halogens is 3. The minimum atomic E-state index is -4.11. The number of para-hydroxylation sites is 1. The molecule has 0 aliphatic carbocycles. The highest BCUT2D eigenvalue weighted by atomic mass is 35.5. The van der Waals surface area contributed by atoms with Crippen molar-refractivity contribution in [1.82, 2.24) is 4.90 Å². The van der Waals surface area contributed by atoms with Crippen LogP contribution in [0.15, 0.2) is 89.8 Å². The van der Waals surface area contributed by atoms with Gasteiger partial charge in [-0.05, 0) is 79.8 Å². The van der Waals surface area contributed by atoms with Gasteiger partial charge in [-0.1, -0.05) is 35.3 Å². The third kappa shape index (κ3) is 6.96. The Bertz CT molecular complexity index is 1710. The van der Waals surface area contributed by atoms with Gasteiger partial charge in [-0.2, -0.15) is 0 Å². The number of ether oxygens (including phenoxy) is 1. The summed E-state index contributed by atoms with van der Waals surface area (Å²) in [6.07, 6.45) is 0. The Morgan fingerprint density at radius 2 is 1.62 bits per heavy atom. The molecule has 2 N–H and O–H groups in total. The highest BCUT2D eigenvalue weighted by Crippen LogP contribution is 2.31. The highest BCUT2D eigenvalue weighted by molar-refractivity contribution is 7.92. The lowest BCUT2D eigenvalue weighted by Gasteiger charge is -2.34. The van der Waals surface area contributed by atoms with Gasteiger partial charge in [0, 0.05) is 36.9 Å². The van der Waals surface area contributed by atoms with Crippen LogP contribution in [0.4, 0.5) is 21.5 Å². The van der Waals surface area contributed by atoms with E-state index in [0.29, 0.717) is 35.3 Å². The zero-order chi connectivity index (χ0) is 29.9. The summed E-state index contributed by atoms with van der Waals surface area (Å²) in [6.45, 7) is 3.04.